The zero-order chi connectivity index (χ0) is 12.0. The van der Waals surface area contributed by atoms with Crippen LogP contribution < -0.4 is 5.32 Å². The van der Waals surface area contributed by atoms with E-state index in [1.807, 2.05) is 0 Å². The van der Waals surface area contributed by atoms with Gasteiger partial charge in [0.15, 0.2) is 0 Å². The maximum Gasteiger partial charge on any atom is 0.337 e. The van der Waals surface area contributed by atoms with Gasteiger partial charge in [-0.05, 0) is 31.2 Å². The first-order chi connectivity index (χ1) is 7.67. The minimum Gasteiger partial charge on any atom is -0.465 e. The number of hydrogen-bond acceptors (Lipinski definition) is 3. The largest absolute Gasteiger partial charge is 0.465 e. The van der Waals surface area contributed by atoms with Gasteiger partial charge in [-0.2, -0.15) is 0 Å². The van der Waals surface area contributed by atoms with Gasteiger partial charge >= 0.3 is 5.97 Å². The molecule has 4 nitrogen and oxygen atoms in total. The summed E-state index contributed by atoms with van der Waals surface area (Å²) in [6, 6.07) is 6.57. The Bertz CT molecular complexity index is 424. The summed E-state index contributed by atoms with van der Waals surface area (Å²) in [5, 5.41) is 2.63. The van der Waals surface area contributed by atoms with Crippen molar-refractivity contribution < 1.29 is 14.3 Å². The smallest absolute Gasteiger partial charge is 0.337 e. The molecule has 84 valence electrons. The lowest BCUT2D eigenvalue weighted by Crippen LogP contribution is -2.09. The van der Waals surface area contributed by atoms with Crippen molar-refractivity contribution in [2.75, 3.05) is 12.4 Å². The number of esters is 1. The van der Waals surface area contributed by atoms with Gasteiger partial charge in [0.1, 0.15) is 0 Å². The van der Waals surface area contributed by atoms with E-state index in [9.17, 15) is 9.59 Å². The van der Waals surface area contributed by atoms with Gasteiger partial charge in [-0.3, -0.25) is 4.79 Å². The normalized spacial score (nSPS) is 10.1. The number of hydrogen-bond donors (Lipinski definition) is 1. The summed E-state index contributed by atoms with van der Waals surface area (Å²) in [6.07, 6.45) is 3.05. The standard InChI is InChI=1S/C12H13NO3/c1-3-5-11(14)13-10-7-4-6-9(8-10)12(15)16-2/h3-8H,1-2H3,(H,13,14)/b5-3+. The van der Waals surface area contributed by atoms with Crippen molar-refractivity contribution >= 4 is 17.6 Å². The monoisotopic (exact) mass is 219 g/mol. The fraction of sp³-hybridized carbons (Fsp3) is 0.167. The van der Waals surface area contributed by atoms with Gasteiger partial charge in [-0.15, -0.1) is 0 Å². The molecule has 1 N–H and O–H groups in total. The molecule has 4 heteroatoms. The topological polar surface area (TPSA) is 55.4 Å². The van der Waals surface area contributed by atoms with Crippen LogP contribution in [-0.2, 0) is 9.53 Å². The van der Waals surface area contributed by atoms with Crippen molar-refractivity contribution in [3.8, 4) is 0 Å². The van der Waals surface area contributed by atoms with E-state index in [1.165, 1.54) is 13.2 Å². The van der Waals surface area contributed by atoms with E-state index >= 15 is 0 Å². The Kier molecular flexibility index (Phi) is 4.27. The lowest BCUT2D eigenvalue weighted by Gasteiger charge is -2.04. The Morgan fingerprint density at radius 1 is 1.38 bits per heavy atom. The Hall–Kier alpha value is -2.10. The zero-order valence-electron chi connectivity index (χ0n) is 9.19. The summed E-state index contributed by atoms with van der Waals surface area (Å²) in [5.74, 6) is -0.661. The first-order valence-corrected chi connectivity index (χ1v) is 4.79. The van der Waals surface area contributed by atoms with Crippen LogP contribution in [0, 0.1) is 0 Å². The number of anilines is 1. The van der Waals surface area contributed by atoms with Crippen molar-refractivity contribution in [2.45, 2.75) is 6.92 Å². The second kappa shape index (κ2) is 5.70. The van der Waals surface area contributed by atoms with Gasteiger partial charge in [-0.1, -0.05) is 12.1 Å². The Morgan fingerprint density at radius 2 is 2.12 bits per heavy atom. The summed E-state index contributed by atoms with van der Waals surface area (Å²) in [6.45, 7) is 1.75. The van der Waals surface area contributed by atoms with Crippen LogP contribution in [-0.4, -0.2) is 19.0 Å². The SMILES string of the molecule is C/C=C/C(=O)Nc1cccc(C(=O)OC)c1. The molecule has 0 spiro atoms. The third-order valence-corrected chi connectivity index (χ3v) is 1.87. The van der Waals surface area contributed by atoms with E-state index in [0.717, 1.165) is 0 Å². The summed E-state index contributed by atoms with van der Waals surface area (Å²) in [5.41, 5.74) is 0.965. The molecule has 1 aromatic rings. The molecule has 0 unspecified atom stereocenters. The van der Waals surface area contributed by atoms with Crippen LogP contribution in [0.4, 0.5) is 5.69 Å². The molecule has 0 bridgehead atoms. The Labute approximate surface area is 93.9 Å². The highest BCUT2D eigenvalue weighted by atomic mass is 16.5. The summed E-state index contributed by atoms with van der Waals surface area (Å²) in [7, 11) is 1.31. The van der Waals surface area contributed by atoms with E-state index < -0.39 is 5.97 Å². The van der Waals surface area contributed by atoms with Crippen molar-refractivity contribution in [3.05, 3.63) is 42.0 Å². The molecule has 0 radical (unpaired) electrons. The van der Waals surface area contributed by atoms with Gasteiger partial charge in [0, 0.05) is 5.69 Å². The van der Waals surface area contributed by atoms with E-state index in [0.29, 0.717) is 11.3 Å². The third kappa shape index (κ3) is 3.24. The molecule has 0 saturated carbocycles. The average molecular weight is 219 g/mol. The molecule has 16 heavy (non-hydrogen) atoms. The number of amides is 1. The second-order valence-corrected chi connectivity index (χ2v) is 3.06. The Morgan fingerprint density at radius 3 is 2.75 bits per heavy atom. The van der Waals surface area contributed by atoms with Gasteiger partial charge in [0.05, 0.1) is 12.7 Å². The van der Waals surface area contributed by atoms with E-state index in [2.05, 4.69) is 10.1 Å². The highest BCUT2D eigenvalue weighted by molar-refractivity contribution is 6.00. The third-order valence-electron chi connectivity index (χ3n) is 1.87. The molecule has 1 aromatic carbocycles. The number of ether oxygens (including phenoxy) is 1. The van der Waals surface area contributed by atoms with E-state index in [-0.39, 0.29) is 5.91 Å². The number of methoxy groups -OCH3 is 1. The van der Waals surface area contributed by atoms with Gasteiger partial charge < -0.3 is 10.1 Å². The van der Waals surface area contributed by atoms with Gasteiger partial charge in [0.25, 0.3) is 0 Å². The summed E-state index contributed by atoms with van der Waals surface area (Å²) < 4.78 is 4.58. The summed E-state index contributed by atoms with van der Waals surface area (Å²) >= 11 is 0. The zero-order valence-corrected chi connectivity index (χ0v) is 9.19. The molecule has 0 fully saturated rings. The fourth-order valence-electron chi connectivity index (χ4n) is 1.18. The molecule has 0 aliphatic carbocycles. The minimum absolute atomic E-state index is 0.232. The average Bonchev–Trinajstić information content (AvgIpc) is 2.28. The molecule has 0 saturated heterocycles. The molecule has 0 heterocycles. The molecule has 0 aromatic heterocycles. The number of nitrogens with one attached hydrogen (secondary N) is 1. The first-order valence-electron chi connectivity index (χ1n) is 4.79. The Balaban J connectivity index is 2.82. The molecule has 0 aliphatic rings. The summed E-state index contributed by atoms with van der Waals surface area (Å²) in [4.78, 5) is 22.5. The highest BCUT2D eigenvalue weighted by Gasteiger charge is 2.06. The lowest BCUT2D eigenvalue weighted by molar-refractivity contribution is -0.111. The van der Waals surface area contributed by atoms with Crippen molar-refractivity contribution in [1.82, 2.24) is 0 Å². The number of carbonyl (C=O) groups excluding carboxylic acids is 2. The van der Waals surface area contributed by atoms with Crippen molar-refractivity contribution in [1.29, 1.82) is 0 Å². The van der Waals surface area contributed by atoms with Gasteiger partial charge in [0.2, 0.25) is 5.91 Å². The van der Waals surface area contributed by atoms with Crippen LogP contribution in [0.2, 0.25) is 0 Å². The molecule has 1 amide bonds. The predicted molar refractivity (Wildman–Crippen MR) is 61.2 cm³/mol. The number of carbonyl (C=O) groups is 2. The lowest BCUT2D eigenvalue weighted by atomic mass is 10.2. The number of allylic oxidation sites excluding steroid dienone is 1. The van der Waals surface area contributed by atoms with E-state index in [4.69, 9.17) is 0 Å². The van der Waals surface area contributed by atoms with Crippen LogP contribution in [0.15, 0.2) is 36.4 Å². The second-order valence-electron chi connectivity index (χ2n) is 3.06. The van der Waals surface area contributed by atoms with Crippen LogP contribution in [0.3, 0.4) is 0 Å². The maximum absolute atomic E-state index is 11.2. The highest BCUT2D eigenvalue weighted by Crippen LogP contribution is 2.11. The number of rotatable bonds is 3. The maximum atomic E-state index is 11.2. The van der Waals surface area contributed by atoms with Crippen LogP contribution in [0.5, 0.6) is 0 Å². The van der Waals surface area contributed by atoms with Crippen molar-refractivity contribution in [3.63, 3.8) is 0 Å². The molecule has 0 atom stereocenters. The van der Waals surface area contributed by atoms with Crippen molar-refractivity contribution in [2.24, 2.45) is 0 Å². The van der Waals surface area contributed by atoms with E-state index in [1.54, 1.807) is 37.3 Å². The van der Waals surface area contributed by atoms with Crippen LogP contribution >= 0.6 is 0 Å². The molecule has 0 aliphatic heterocycles. The van der Waals surface area contributed by atoms with Crippen LogP contribution in [0.1, 0.15) is 17.3 Å². The first kappa shape index (κ1) is 12.0. The van der Waals surface area contributed by atoms with Gasteiger partial charge in [-0.25, -0.2) is 4.79 Å². The minimum atomic E-state index is -0.429. The quantitative estimate of drug-likeness (QED) is 0.624. The predicted octanol–water partition coefficient (Wildman–Crippen LogP) is 1.99. The van der Waals surface area contributed by atoms with Crippen LogP contribution in [0.25, 0.3) is 0 Å². The fourth-order valence-corrected chi connectivity index (χ4v) is 1.18. The molecular weight excluding hydrogens is 206 g/mol. The molecular formula is C12H13NO3. The molecule has 1 rings (SSSR count). The number of benzene rings is 1.